The number of carbonyl (C=O) groups is 1. The average Bonchev–Trinajstić information content (AvgIpc) is 2.41. The highest BCUT2D eigenvalue weighted by Gasteiger charge is 2.16. The lowest BCUT2D eigenvalue weighted by atomic mass is 10.1. The summed E-state index contributed by atoms with van der Waals surface area (Å²) in [6, 6.07) is 4.47. The molecule has 0 amide bonds. The van der Waals surface area contributed by atoms with Crippen molar-refractivity contribution in [2.24, 2.45) is 0 Å². The maximum atomic E-state index is 12.1. The van der Waals surface area contributed by atoms with Crippen molar-refractivity contribution in [3.05, 3.63) is 40.7 Å². The predicted octanol–water partition coefficient (Wildman–Crippen LogP) is 1.35. The van der Waals surface area contributed by atoms with Gasteiger partial charge in [0.05, 0.1) is 17.7 Å². The number of ketones is 1. The molecule has 2 N–H and O–H groups in total. The third-order valence-electron chi connectivity index (χ3n) is 2.21. The highest BCUT2D eigenvalue weighted by molar-refractivity contribution is 6.31. The van der Waals surface area contributed by atoms with Gasteiger partial charge in [-0.05, 0) is 12.1 Å². The summed E-state index contributed by atoms with van der Waals surface area (Å²) in [6.45, 7) is 0. The van der Waals surface area contributed by atoms with Crippen LogP contribution in [0.25, 0.3) is 0 Å². The molecule has 0 atom stereocenters. The van der Waals surface area contributed by atoms with Gasteiger partial charge in [0.2, 0.25) is 11.7 Å². The summed E-state index contributed by atoms with van der Waals surface area (Å²) in [7, 11) is 1.46. The molecule has 0 saturated carbocycles. The van der Waals surface area contributed by atoms with Gasteiger partial charge in [0.1, 0.15) is 11.5 Å². The second-order valence-corrected chi connectivity index (χ2v) is 3.81. The molecule has 92 valence electrons. The van der Waals surface area contributed by atoms with E-state index in [0.717, 1.165) is 0 Å². The van der Waals surface area contributed by atoms with Crippen molar-refractivity contribution in [1.29, 1.82) is 0 Å². The predicted molar refractivity (Wildman–Crippen MR) is 65.7 cm³/mol. The van der Waals surface area contributed by atoms with Gasteiger partial charge in [0.25, 0.3) is 0 Å². The number of methoxy groups -OCH3 is 1. The number of carbonyl (C=O) groups excluding carboxylic acids is 1. The highest BCUT2D eigenvalue weighted by atomic mass is 35.5. The number of nitrogens with zero attached hydrogens (tertiary/aromatic N) is 3. The van der Waals surface area contributed by atoms with Gasteiger partial charge in [-0.15, -0.1) is 10.2 Å². The number of pyridine rings is 1. The van der Waals surface area contributed by atoms with Crippen LogP contribution in [0.3, 0.4) is 0 Å². The molecule has 18 heavy (non-hydrogen) atoms. The molecule has 0 unspecified atom stereocenters. The van der Waals surface area contributed by atoms with Crippen molar-refractivity contribution in [3.8, 4) is 5.88 Å². The zero-order valence-corrected chi connectivity index (χ0v) is 10.2. The third-order valence-corrected chi connectivity index (χ3v) is 2.42. The van der Waals surface area contributed by atoms with Crippen molar-refractivity contribution in [2.45, 2.75) is 0 Å². The normalized spacial score (nSPS) is 10.1. The topological polar surface area (TPSA) is 91.0 Å². The molecule has 0 spiro atoms. The molecular weight excluding hydrogens is 256 g/mol. The minimum atomic E-state index is -0.391. The molecule has 0 aliphatic rings. The molecule has 0 saturated heterocycles. The molecule has 0 radical (unpaired) electrons. The summed E-state index contributed by atoms with van der Waals surface area (Å²) in [4.78, 5) is 15.9. The van der Waals surface area contributed by atoms with Crippen molar-refractivity contribution in [2.75, 3.05) is 12.8 Å². The first-order valence-electron chi connectivity index (χ1n) is 4.95. The number of ether oxygens (including phenoxy) is 1. The summed E-state index contributed by atoms with van der Waals surface area (Å²) in [5, 5.41) is 7.78. The maximum absolute atomic E-state index is 12.1. The van der Waals surface area contributed by atoms with Crippen molar-refractivity contribution in [3.63, 3.8) is 0 Å². The maximum Gasteiger partial charge on any atom is 0.233 e. The lowest BCUT2D eigenvalue weighted by molar-refractivity contribution is 0.103. The van der Waals surface area contributed by atoms with Crippen molar-refractivity contribution >= 4 is 23.2 Å². The SMILES string of the molecule is COc1ccc(C(=O)c2cc(Cl)cnc2N)nn1. The Balaban J connectivity index is 2.38. The molecule has 0 bridgehead atoms. The Morgan fingerprint density at radius 1 is 1.39 bits per heavy atom. The number of hydrogen-bond donors (Lipinski definition) is 1. The van der Waals surface area contributed by atoms with Gasteiger partial charge in [0.15, 0.2) is 0 Å². The van der Waals surface area contributed by atoms with Crippen LogP contribution in [-0.2, 0) is 0 Å². The number of nitrogens with two attached hydrogens (primary N) is 1. The number of nitrogen functional groups attached to an aromatic ring is 1. The van der Waals surface area contributed by atoms with Crippen LogP contribution in [0.15, 0.2) is 24.4 Å². The number of aromatic nitrogens is 3. The molecule has 0 fully saturated rings. The quantitative estimate of drug-likeness (QED) is 0.842. The van der Waals surface area contributed by atoms with E-state index in [2.05, 4.69) is 15.2 Å². The molecule has 0 aromatic carbocycles. The molecule has 0 aliphatic carbocycles. The van der Waals surface area contributed by atoms with E-state index < -0.39 is 5.78 Å². The van der Waals surface area contributed by atoms with E-state index in [1.54, 1.807) is 0 Å². The molecule has 2 aromatic rings. The Morgan fingerprint density at radius 3 is 2.78 bits per heavy atom. The fourth-order valence-corrected chi connectivity index (χ4v) is 1.48. The molecule has 2 aromatic heterocycles. The molecule has 6 nitrogen and oxygen atoms in total. The van der Waals surface area contributed by atoms with E-state index in [1.165, 1.54) is 31.5 Å². The first kappa shape index (κ1) is 12.3. The molecule has 2 rings (SSSR count). The van der Waals surface area contributed by atoms with Gasteiger partial charge in [-0.2, -0.15) is 0 Å². The summed E-state index contributed by atoms with van der Waals surface area (Å²) in [5.41, 5.74) is 5.96. The van der Waals surface area contributed by atoms with E-state index in [0.29, 0.717) is 10.9 Å². The second kappa shape index (κ2) is 4.97. The van der Waals surface area contributed by atoms with Crippen LogP contribution in [0.5, 0.6) is 5.88 Å². The third kappa shape index (κ3) is 2.38. The molecular formula is C11H9ClN4O2. The Hall–Kier alpha value is -2.21. The molecule has 0 aliphatic heterocycles. The van der Waals surface area contributed by atoms with Crippen molar-refractivity contribution < 1.29 is 9.53 Å². The summed E-state index contributed by atoms with van der Waals surface area (Å²) in [5.74, 6) is 0.0309. The fourth-order valence-electron chi connectivity index (χ4n) is 1.32. The Bertz CT molecular complexity index is 586. The van der Waals surface area contributed by atoms with Crippen LogP contribution in [-0.4, -0.2) is 28.1 Å². The summed E-state index contributed by atoms with van der Waals surface area (Å²) >= 11 is 5.77. The first-order valence-corrected chi connectivity index (χ1v) is 5.33. The van der Waals surface area contributed by atoms with E-state index >= 15 is 0 Å². The van der Waals surface area contributed by atoms with Gasteiger partial charge in [-0.1, -0.05) is 11.6 Å². The zero-order valence-electron chi connectivity index (χ0n) is 9.42. The van der Waals surface area contributed by atoms with E-state index in [1.807, 2.05) is 0 Å². The average molecular weight is 265 g/mol. The Morgan fingerprint density at radius 2 is 2.17 bits per heavy atom. The van der Waals surface area contributed by atoms with Crippen LogP contribution in [0.1, 0.15) is 16.1 Å². The summed E-state index contributed by atoms with van der Waals surface area (Å²) in [6.07, 6.45) is 1.37. The van der Waals surface area contributed by atoms with Gasteiger partial charge >= 0.3 is 0 Å². The Kier molecular flexibility index (Phi) is 3.38. The van der Waals surface area contributed by atoms with E-state index in [4.69, 9.17) is 22.1 Å². The van der Waals surface area contributed by atoms with Crippen LogP contribution >= 0.6 is 11.6 Å². The van der Waals surface area contributed by atoms with Gasteiger partial charge < -0.3 is 10.5 Å². The molecule has 2 heterocycles. The minimum absolute atomic E-state index is 0.0991. The van der Waals surface area contributed by atoms with Crippen LogP contribution < -0.4 is 10.5 Å². The van der Waals surface area contributed by atoms with Crippen molar-refractivity contribution in [1.82, 2.24) is 15.2 Å². The smallest absolute Gasteiger partial charge is 0.233 e. The van der Waals surface area contributed by atoms with Gasteiger partial charge in [-0.25, -0.2) is 4.98 Å². The fraction of sp³-hybridized carbons (Fsp3) is 0.0909. The van der Waals surface area contributed by atoms with Crippen LogP contribution in [0.2, 0.25) is 5.02 Å². The minimum Gasteiger partial charge on any atom is -0.480 e. The first-order chi connectivity index (χ1) is 8.61. The van der Waals surface area contributed by atoms with Crippen LogP contribution in [0.4, 0.5) is 5.82 Å². The number of hydrogen-bond acceptors (Lipinski definition) is 6. The number of anilines is 1. The number of halogens is 1. The molecule has 7 heteroatoms. The highest BCUT2D eigenvalue weighted by Crippen LogP contribution is 2.18. The lowest BCUT2D eigenvalue weighted by Crippen LogP contribution is -2.09. The number of rotatable bonds is 3. The van der Waals surface area contributed by atoms with Gasteiger partial charge in [0, 0.05) is 12.3 Å². The van der Waals surface area contributed by atoms with Crippen LogP contribution in [0, 0.1) is 0 Å². The monoisotopic (exact) mass is 264 g/mol. The van der Waals surface area contributed by atoms with Gasteiger partial charge in [-0.3, -0.25) is 4.79 Å². The summed E-state index contributed by atoms with van der Waals surface area (Å²) < 4.78 is 4.85. The van der Waals surface area contributed by atoms with E-state index in [9.17, 15) is 4.79 Å². The Labute approximate surface area is 108 Å². The lowest BCUT2D eigenvalue weighted by Gasteiger charge is -2.04. The second-order valence-electron chi connectivity index (χ2n) is 3.38. The standard InChI is InChI=1S/C11H9ClN4O2/c1-18-9-3-2-8(15-16-9)10(17)7-4-6(12)5-14-11(7)13/h2-5H,1H3,(H2,13,14). The zero-order chi connectivity index (χ0) is 13.1. The largest absolute Gasteiger partial charge is 0.480 e. The van der Waals surface area contributed by atoms with E-state index in [-0.39, 0.29) is 17.1 Å².